The molecule has 2 amide bonds. The molecule has 0 spiro atoms. The molecule has 0 aromatic heterocycles. The Bertz CT molecular complexity index is 805. The Kier molecular flexibility index (Phi) is 8.14. The molecular weight excluding hydrogens is 382 g/mol. The minimum atomic E-state index is -0.00843. The van der Waals surface area contributed by atoms with Gasteiger partial charge in [0, 0.05) is 43.2 Å². The van der Waals surface area contributed by atoms with Crippen LogP contribution in [0.15, 0.2) is 59.5 Å². The first-order valence-corrected chi connectivity index (χ1v) is 11.3. The van der Waals surface area contributed by atoms with Crippen molar-refractivity contribution in [1.82, 2.24) is 9.80 Å². The highest BCUT2D eigenvalue weighted by molar-refractivity contribution is 7.98. The second kappa shape index (κ2) is 11.0. The van der Waals surface area contributed by atoms with Gasteiger partial charge in [0.1, 0.15) is 0 Å². The largest absolute Gasteiger partial charge is 0.340 e. The first-order valence-electron chi connectivity index (χ1n) is 10.1. The zero-order valence-electron chi connectivity index (χ0n) is 17.0. The summed E-state index contributed by atoms with van der Waals surface area (Å²) in [7, 11) is 0. The molecule has 29 heavy (non-hydrogen) atoms. The fourth-order valence-electron chi connectivity index (χ4n) is 3.51. The predicted octanol–water partition coefficient (Wildman–Crippen LogP) is 3.51. The van der Waals surface area contributed by atoms with Crippen LogP contribution in [0.3, 0.4) is 0 Å². The van der Waals surface area contributed by atoms with E-state index in [4.69, 9.17) is 0 Å². The Morgan fingerprint density at radius 1 is 1.00 bits per heavy atom. The van der Waals surface area contributed by atoms with E-state index in [9.17, 15) is 9.59 Å². The summed E-state index contributed by atoms with van der Waals surface area (Å²) < 4.78 is 0. The van der Waals surface area contributed by atoms with Crippen molar-refractivity contribution in [3.05, 3.63) is 60.2 Å². The number of benzene rings is 2. The summed E-state index contributed by atoms with van der Waals surface area (Å²) in [5.41, 5.74) is 2.10. The number of hydrogen-bond donors (Lipinski definition) is 1. The Morgan fingerprint density at radius 2 is 1.76 bits per heavy atom. The van der Waals surface area contributed by atoms with Crippen LogP contribution in [0.4, 0.5) is 5.69 Å². The van der Waals surface area contributed by atoms with Crippen LogP contribution in [0.1, 0.15) is 18.4 Å². The van der Waals surface area contributed by atoms with Crippen LogP contribution in [0, 0.1) is 0 Å². The maximum atomic E-state index is 12.4. The predicted molar refractivity (Wildman–Crippen MR) is 119 cm³/mol. The Balaban J connectivity index is 1.36. The summed E-state index contributed by atoms with van der Waals surface area (Å²) in [6.07, 6.45) is 4.41. The lowest BCUT2D eigenvalue weighted by Crippen LogP contribution is -2.50. The Hall–Kier alpha value is -2.31. The molecule has 0 atom stereocenters. The zero-order valence-corrected chi connectivity index (χ0v) is 17.8. The first-order chi connectivity index (χ1) is 14.1. The van der Waals surface area contributed by atoms with E-state index in [0.717, 1.165) is 36.5 Å². The molecule has 5 nitrogen and oxygen atoms in total. The standard InChI is InChI=1S/C23H29N3O2S/c1-29-21-11-6-10-20(17-21)24-22(27)18-25-13-15-26(16-14-25)23(28)12-5-9-19-7-3-2-4-8-19/h2-4,6-8,10-11,17H,5,9,12-16,18H2,1H3,(H,24,27). The van der Waals surface area contributed by atoms with E-state index in [0.29, 0.717) is 26.1 Å². The van der Waals surface area contributed by atoms with Gasteiger partial charge in [-0.1, -0.05) is 36.4 Å². The molecule has 2 aromatic rings. The molecule has 154 valence electrons. The van der Waals surface area contributed by atoms with Crippen LogP contribution in [0.5, 0.6) is 0 Å². The second-order valence-corrected chi connectivity index (χ2v) is 8.16. The highest BCUT2D eigenvalue weighted by atomic mass is 32.2. The average molecular weight is 412 g/mol. The van der Waals surface area contributed by atoms with Crippen molar-refractivity contribution in [1.29, 1.82) is 0 Å². The zero-order chi connectivity index (χ0) is 20.5. The smallest absolute Gasteiger partial charge is 0.238 e. The number of anilines is 1. The number of carbonyl (C=O) groups is 2. The molecule has 1 aliphatic rings. The molecule has 1 fully saturated rings. The van der Waals surface area contributed by atoms with Gasteiger partial charge in [-0.05, 0) is 42.9 Å². The van der Waals surface area contributed by atoms with Crippen LogP contribution in [0.25, 0.3) is 0 Å². The molecule has 0 saturated carbocycles. The molecule has 0 bridgehead atoms. The highest BCUT2D eigenvalue weighted by Crippen LogP contribution is 2.19. The van der Waals surface area contributed by atoms with Crippen LogP contribution in [0.2, 0.25) is 0 Å². The number of rotatable bonds is 8. The maximum Gasteiger partial charge on any atom is 0.238 e. The van der Waals surface area contributed by atoms with Gasteiger partial charge in [0.05, 0.1) is 6.54 Å². The molecule has 1 saturated heterocycles. The summed E-state index contributed by atoms with van der Waals surface area (Å²) in [6, 6.07) is 18.1. The SMILES string of the molecule is CSc1cccc(NC(=O)CN2CCN(C(=O)CCCc3ccccc3)CC2)c1. The van der Waals surface area contributed by atoms with Crippen molar-refractivity contribution in [2.75, 3.05) is 44.3 Å². The monoisotopic (exact) mass is 411 g/mol. The number of thioether (sulfide) groups is 1. The minimum absolute atomic E-state index is 0.00843. The lowest BCUT2D eigenvalue weighted by molar-refractivity contribution is -0.133. The summed E-state index contributed by atoms with van der Waals surface area (Å²) in [5, 5.41) is 2.97. The van der Waals surface area contributed by atoms with Crippen molar-refractivity contribution in [3.63, 3.8) is 0 Å². The quantitative estimate of drug-likeness (QED) is 0.676. The van der Waals surface area contributed by atoms with Gasteiger partial charge in [0.25, 0.3) is 0 Å². The molecule has 1 aliphatic heterocycles. The van der Waals surface area contributed by atoms with Crippen LogP contribution in [-0.4, -0.2) is 60.6 Å². The lowest BCUT2D eigenvalue weighted by Gasteiger charge is -2.34. The highest BCUT2D eigenvalue weighted by Gasteiger charge is 2.22. The lowest BCUT2D eigenvalue weighted by atomic mass is 10.1. The fourth-order valence-corrected chi connectivity index (χ4v) is 3.97. The van der Waals surface area contributed by atoms with E-state index < -0.39 is 0 Å². The average Bonchev–Trinajstić information content (AvgIpc) is 2.75. The third kappa shape index (κ3) is 6.91. The van der Waals surface area contributed by atoms with E-state index in [1.807, 2.05) is 53.6 Å². The molecule has 1 heterocycles. The van der Waals surface area contributed by atoms with Crippen LogP contribution < -0.4 is 5.32 Å². The van der Waals surface area contributed by atoms with Crippen molar-refractivity contribution >= 4 is 29.3 Å². The molecule has 0 radical (unpaired) electrons. The molecule has 1 N–H and O–H groups in total. The number of piperazine rings is 1. The van der Waals surface area contributed by atoms with Crippen molar-refractivity contribution in [2.24, 2.45) is 0 Å². The molecule has 2 aromatic carbocycles. The van der Waals surface area contributed by atoms with Gasteiger partial charge < -0.3 is 10.2 Å². The van der Waals surface area contributed by atoms with Gasteiger partial charge in [-0.25, -0.2) is 0 Å². The second-order valence-electron chi connectivity index (χ2n) is 7.28. The number of nitrogens with zero attached hydrogens (tertiary/aromatic N) is 2. The molecule has 0 aliphatic carbocycles. The van der Waals surface area contributed by atoms with Crippen molar-refractivity contribution in [3.8, 4) is 0 Å². The summed E-state index contributed by atoms with van der Waals surface area (Å²) in [4.78, 5) is 29.9. The van der Waals surface area contributed by atoms with E-state index in [2.05, 4.69) is 22.3 Å². The topological polar surface area (TPSA) is 52.7 Å². The number of aryl methyl sites for hydroxylation is 1. The van der Waals surface area contributed by atoms with Gasteiger partial charge in [0.15, 0.2) is 0 Å². The Morgan fingerprint density at radius 3 is 2.48 bits per heavy atom. The first kappa shape index (κ1) is 21.4. The molecule has 6 heteroatoms. The van der Waals surface area contributed by atoms with Gasteiger partial charge >= 0.3 is 0 Å². The van der Waals surface area contributed by atoms with Crippen molar-refractivity contribution in [2.45, 2.75) is 24.2 Å². The third-order valence-electron chi connectivity index (χ3n) is 5.14. The molecule has 3 rings (SSSR count). The van der Waals surface area contributed by atoms with E-state index >= 15 is 0 Å². The fraction of sp³-hybridized carbons (Fsp3) is 0.391. The summed E-state index contributed by atoms with van der Waals surface area (Å²) >= 11 is 1.65. The minimum Gasteiger partial charge on any atom is -0.340 e. The number of hydrogen-bond acceptors (Lipinski definition) is 4. The van der Waals surface area contributed by atoms with E-state index in [-0.39, 0.29) is 11.8 Å². The third-order valence-corrected chi connectivity index (χ3v) is 5.87. The number of nitrogens with one attached hydrogen (secondary N) is 1. The summed E-state index contributed by atoms with van der Waals surface area (Å²) in [6.45, 7) is 3.23. The van der Waals surface area contributed by atoms with Gasteiger partial charge in [-0.2, -0.15) is 0 Å². The maximum absolute atomic E-state index is 12.4. The van der Waals surface area contributed by atoms with Gasteiger partial charge in [-0.15, -0.1) is 11.8 Å². The number of amides is 2. The van der Waals surface area contributed by atoms with Gasteiger partial charge in [-0.3, -0.25) is 14.5 Å². The Labute approximate surface area is 177 Å². The summed E-state index contributed by atoms with van der Waals surface area (Å²) in [5.74, 6) is 0.213. The number of carbonyl (C=O) groups excluding carboxylic acids is 2. The van der Waals surface area contributed by atoms with Crippen LogP contribution >= 0.6 is 11.8 Å². The van der Waals surface area contributed by atoms with E-state index in [1.54, 1.807) is 11.8 Å². The normalized spacial score (nSPS) is 14.6. The van der Waals surface area contributed by atoms with E-state index in [1.165, 1.54) is 5.56 Å². The molecular formula is C23H29N3O2S. The van der Waals surface area contributed by atoms with Gasteiger partial charge in [0.2, 0.25) is 11.8 Å². The molecule has 0 unspecified atom stereocenters. The van der Waals surface area contributed by atoms with Crippen molar-refractivity contribution < 1.29 is 9.59 Å². The van der Waals surface area contributed by atoms with Crippen LogP contribution in [-0.2, 0) is 16.0 Å².